The molecule has 2 saturated heterocycles. The van der Waals surface area contributed by atoms with Gasteiger partial charge in [-0.1, -0.05) is 6.42 Å². The molecule has 0 amide bonds. The highest BCUT2D eigenvalue weighted by atomic mass is 15.3. The van der Waals surface area contributed by atoms with E-state index in [9.17, 15) is 0 Å². The van der Waals surface area contributed by atoms with E-state index in [0.717, 1.165) is 12.1 Å². The van der Waals surface area contributed by atoms with Crippen molar-refractivity contribution in [1.29, 1.82) is 0 Å². The van der Waals surface area contributed by atoms with Gasteiger partial charge in [0.2, 0.25) is 0 Å². The Labute approximate surface area is 103 Å². The van der Waals surface area contributed by atoms with Crippen molar-refractivity contribution >= 4 is 5.69 Å². The molecular formula is C14H21N3. The maximum Gasteiger partial charge on any atom is 0.0449 e. The Morgan fingerprint density at radius 3 is 2.65 bits per heavy atom. The number of hydrogen-bond acceptors (Lipinski definition) is 3. The average Bonchev–Trinajstić information content (AvgIpc) is 2.31. The van der Waals surface area contributed by atoms with Crippen LogP contribution >= 0.6 is 0 Å². The Balaban J connectivity index is 1.57. The van der Waals surface area contributed by atoms with E-state index in [1.807, 2.05) is 12.4 Å². The van der Waals surface area contributed by atoms with Gasteiger partial charge >= 0.3 is 0 Å². The van der Waals surface area contributed by atoms with E-state index in [4.69, 9.17) is 0 Å². The molecule has 17 heavy (non-hydrogen) atoms. The minimum absolute atomic E-state index is 0.776. The summed E-state index contributed by atoms with van der Waals surface area (Å²) < 4.78 is 0. The summed E-state index contributed by atoms with van der Waals surface area (Å²) in [5, 5.41) is 0. The number of nitrogens with zero attached hydrogens (tertiary/aromatic N) is 3. The zero-order valence-electron chi connectivity index (χ0n) is 10.5. The van der Waals surface area contributed by atoms with Crippen molar-refractivity contribution in [3.8, 4) is 0 Å². The quantitative estimate of drug-likeness (QED) is 0.777. The molecule has 2 aliphatic rings. The fraction of sp³-hybridized carbons (Fsp3) is 0.643. The molecule has 1 unspecified atom stereocenters. The van der Waals surface area contributed by atoms with E-state index in [0.29, 0.717) is 0 Å². The first-order chi connectivity index (χ1) is 8.34. The zero-order chi connectivity index (χ0) is 11.7. The molecule has 1 atom stereocenters. The van der Waals surface area contributed by atoms with Gasteiger partial charge in [0.05, 0.1) is 0 Å². The normalized spacial score (nSPS) is 26.9. The van der Waals surface area contributed by atoms with E-state index in [-0.39, 0.29) is 0 Å². The van der Waals surface area contributed by atoms with E-state index in [1.54, 1.807) is 0 Å². The largest absolute Gasteiger partial charge is 0.368 e. The highest BCUT2D eigenvalue weighted by Crippen LogP contribution is 2.27. The molecular weight excluding hydrogens is 210 g/mol. The third-order valence-electron chi connectivity index (χ3n) is 4.21. The highest BCUT2D eigenvalue weighted by Gasteiger charge is 2.34. The predicted octanol–water partition coefficient (Wildman–Crippen LogP) is 2.14. The van der Waals surface area contributed by atoms with E-state index < -0.39 is 0 Å². The molecule has 0 spiro atoms. The zero-order valence-corrected chi connectivity index (χ0v) is 10.5. The Hall–Kier alpha value is -1.09. The fourth-order valence-electron chi connectivity index (χ4n) is 3.09. The second kappa shape index (κ2) is 4.65. The standard InChI is InChI=1S/C14H21N3/c1-12-4-2-3-9-17(12)14-10-16(11-14)13-5-7-15-8-6-13/h5-8,12,14H,2-4,9-11H2,1H3. The van der Waals surface area contributed by atoms with Crippen molar-refractivity contribution in [3.05, 3.63) is 24.5 Å². The summed E-state index contributed by atoms with van der Waals surface area (Å²) in [5.41, 5.74) is 1.32. The van der Waals surface area contributed by atoms with E-state index in [1.165, 1.54) is 44.6 Å². The highest BCUT2D eigenvalue weighted by molar-refractivity contribution is 5.48. The van der Waals surface area contributed by atoms with Crippen molar-refractivity contribution < 1.29 is 0 Å². The maximum absolute atomic E-state index is 4.07. The molecule has 1 aromatic heterocycles. The van der Waals surface area contributed by atoms with Crippen LogP contribution in [0.15, 0.2) is 24.5 Å². The third kappa shape index (κ3) is 2.16. The molecule has 0 radical (unpaired) electrons. The van der Waals surface area contributed by atoms with Crippen LogP contribution in [-0.4, -0.2) is 41.6 Å². The van der Waals surface area contributed by atoms with E-state index >= 15 is 0 Å². The second-order valence-electron chi connectivity index (χ2n) is 5.35. The lowest BCUT2D eigenvalue weighted by atomic mass is 9.97. The van der Waals surface area contributed by atoms with Crippen LogP contribution in [0, 0.1) is 0 Å². The van der Waals surface area contributed by atoms with Gasteiger partial charge in [-0.25, -0.2) is 0 Å². The van der Waals surface area contributed by atoms with Gasteiger partial charge in [-0.2, -0.15) is 0 Å². The predicted molar refractivity (Wildman–Crippen MR) is 70.3 cm³/mol. The van der Waals surface area contributed by atoms with Gasteiger partial charge in [-0.05, 0) is 38.4 Å². The topological polar surface area (TPSA) is 19.4 Å². The molecule has 3 nitrogen and oxygen atoms in total. The van der Waals surface area contributed by atoms with Gasteiger partial charge in [-0.15, -0.1) is 0 Å². The van der Waals surface area contributed by atoms with Crippen molar-refractivity contribution in [2.75, 3.05) is 24.5 Å². The molecule has 92 valence electrons. The fourth-order valence-corrected chi connectivity index (χ4v) is 3.09. The monoisotopic (exact) mass is 231 g/mol. The van der Waals surface area contributed by atoms with Crippen LogP contribution in [0.1, 0.15) is 26.2 Å². The number of hydrogen-bond donors (Lipinski definition) is 0. The van der Waals surface area contributed by atoms with Gasteiger partial charge < -0.3 is 4.90 Å². The summed E-state index contributed by atoms with van der Waals surface area (Å²) in [6.45, 7) is 6.06. The van der Waals surface area contributed by atoms with Crippen molar-refractivity contribution in [1.82, 2.24) is 9.88 Å². The molecule has 3 heteroatoms. The number of pyridine rings is 1. The molecule has 3 rings (SSSR count). The Morgan fingerprint density at radius 1 is 1.18 bits per heavy atom. The van der Waals surface area contributed by atoms with Crippen molar-refractivity contribution in [2.45, 2.75) is 38.3 Å². The molecule has 2 fully saturated rings. The molecule has 0 bridgehead atoms. The lowest BCUT2D eigenvalue weighted by Gasteiger charge is -2.50. The van der Waals surface area contributed by atoms with E-state index in [2.05, 4.69) is 33.8 Å². The minimum atomic E-state index is 0.776. The van der Waals surface area contributed by atoms with Crippen LogP contribution < -0.4 is 4.90 Å². The molecule has 0 aromatic carbocycles. The molecule has 0 aliphatic carbocycles. The van der Waals surface area contributed by atoms with Crippen LogP contribution in [0.4, 0.5) is 5.69 Å². The smallest absolute Gasteiger partial charge is 0.0449 e. The van der Waals surface area contributed by atoms with Gasteiger partial charge in [0.25, 0.3) is 0 Å². The number of anilines is 1. The van der Waals surface area contributed by atoms with Gasteiger partial charge in [0.15, 0.2) is 0 Å². The Morgan fingerprint density at radius 2 is 1.94 bits per heavy atom. The number of likely N-dealkylation sites (tertiary alicyclic amines) is 1. The molecule has 0 saturated carbocycles. The SMILES string of the molecule is CC1CCCCN1C1CN(c2ccncc2)C1. The summed E-state index contributed by atoms with van der Waals surface area (Å²) in [7, 11) is 0. The van der Waals surface area contributed by atoms with Gasteiger partial charge in [0.1, 0.15) is 0 Å². The first kappa shape index (κ1) is 11.0. The first-order valence-corrected chi connectivity index (χ1v) is 6.75. The first-order valence-electron chi connectivity index (χ1n) is 6.75. The number of aromatic nitrogens is 1. The number of piperidine rings is 1. The Kier molecular flexibility index (Phi) is 3.02. The van der Waals surface area contributed by atoms with Crippen LogP contribution in [-0.2, 0) is 0 Å². The summed E-state index contributed by atoms with van der Waals surface area (Å²) in [6.07, 6.45) is 7.94. The van der Waals surface area contributed by atoms with Crippen molar-refractivity contribution in [2.24, 2.45) is 0 Å². The van der Waals surface area contributed by atoms with Crippen LogP contribution in [0.2, 0.25) is 0 Å². The molecule has 2 aliphatic heterocycles. The Bertz CT molecular complexity index is 359. The average molecular weight is 231 g/mol. The minimum Gasteiger partial charge on any atom is -0.368 e. The maximum atomic E-state index is 4.07. The summed E-state index contributed by atoms with van der Waals surface area (Å²) in [5.74, 6) is 0. The van der Waals surface area contributed by atoms with Crippen LogP contribution in [0.5, 0.6) is 0 Å². The lowest BCUT2D eigenvalue weighted by molar-refractivity contribution is 0.0876. The summed E-state index contributed by atoms with van der Waals surface area (Å²) in [6, 6.07) is 5.78. The van der Waals surface area contributed by atoms with Crippen LogP contribution in [0.3, 0.4) is 0 Å². The summed E-state index contributed by atoms with van der Waals surface area (Å²) in [4.78, 5) is 9.23. The van der Waals surface area contributed by atoms with Crippen LogP contribution in [0.25, 0.3) is 0 Å². The molecule has 3 heterocycles. The van der Waals surface area contributed by atoms with Gasteiger partial charge in [-0.3, -0.25) is 9.88 Å². The summed E-state index contributed by atoms with van der Waals surface area (Å²) >= 11 is 0. The van der Waals surface area contributed by atoms with Crippen molar-refractivity contribution in [3.63, 3.8) is 0 Å². The molecule has 0 N–H and O–H groups in total. The molecule has 1 aromatic rings. The third-order valence-corrected chi connectivity index (χ3v) is 4.21. The number of rotatable bonds is 2. The van der Waals surface area contributed by atoms with Gasteiger partial charge in [0, 0.05) is 43.3 Å². The second-order valence-corrected chi connectivity index (χ2v) is 5.35. The lowest BCUT2D eigenvalue weighted by Crippen LogP contribution is -2.62.